The molecule has 138 valence electrons. The summed E-state index contributed by atoms with van der Waals surface area (Å²) in [6, 6.07) is 8.47. The summed E-state index contributed by atoms with van der Waals surface area (Å²) in [5.41, 5.74) is 1.24. The maximum absolute atomic E-state index is 5.67. The third kappa shape index (κ3) is 9.97. The van der Waals surface area contributed by atoms with Gasteiger partial charge in [-0.15, -0.1) is 24.0 Å². The second-order valence-electron chi connectivity index (χ2n) is 5.51. The monoisotopic (exact) mass is 449 g/mol. The fourth-order valence-electron chi connectivity index (χ4n) is 2.15. The van der Waals surface area contributed by atoms with Gasteiger partial charge in [0.15, 0.2) is 5.96 Å². The molecule has 5 nitrogen and oxygen atoms in total. The average Bonchev–Trinajstić information content (AvgIpc) is 2.53. The zero-order chi connectivity index (χ0) is 16.9. The summed E-state index contributed by atoms with van der Waals surface area (Å²) in [7, 11) is 1.70. The molecule has 0 spiro atoms. The minimum absolute atomic E-state index is 0. The van der Waals surface area contributed by atoms with Crippen LogP contribution in [0.5, 0.6) is 5.75 Å². The predicted molar refractivity (Wildman–Crippen MR) is 112 cm³/mol. The zero-order valence-electron chi connectivity index (χ0n) is 15.3. The molecule has 0 aliphatic rings. The minimum Gasteiger partial charge on any atom is -0.494 e. The Kier molecular flexibility index (Phi) is 13.7. The molecular weight excluding hydrogens is 417 g/mol. The number of benzene rings is 1. The van der Waals surface area contributed by atoms with Gasteiger partial charge in [0.25, 0.3) is 0 Å². The van der Waals surface area contributed by atoms with Crippen LogP contribution in [0, 0.1) is 0 Å². The molecule has 0 heterocycles. The van der Waals surface area contributed by atoms with E-state index in [0.29, 0.717) is 6.61 Å². The topological polar surface area (TPSA) is 54.9 Å². The predicted octanol–water partition coefficient (Wildman–Crippen LogP) is 3.23. The number of hydrogen-bond acceptors (Lipinski definition) is 3. The van der Waals surface area contributed by atoms with E-state index in [4.69, 9.17) is 9.47 Å². The first-order valence-corrected chi connectivity index (χ1v) is 8.45. The van der Waals surface area contributed by atoms with Gasteiger partial charge in [0.2, 0.25) is 0 Å². The number of nitrogens with one attached hydrogen (secondary N) is 2. The Morgan fingerprint density at radius 1 is 1.29 bits per heavy atom. The van der Waals surface area contributed by atoms with Crippen LogP contribution in [-0.4, -0.2) is 45.4 Å². The molecule has 0 aliphatic heterocycles. The summed E-state index contributed by atoms with van der Waals surface area (Å²) >= 11 is 0. The van der Waals surface area contributed by atoms with Crippen LogP contribution in [-0.2, 0) is 11.2 Å². The van der Waals surface area contributed by atoms with E-state index in [9.17, 15) is 0 Å². The molecule has 0 aromatic heterocycles. The smallest absolute Gasteiger partial charge is 0.191 e. The summed E-state index contributed by atoms with van der Waals surface area (Å²) < 4.78 is 10.8. The van der Waals surface area contributed by atoms with Crippen molar-refractivity contribution in [1.82, 2.24) is 10.6 Å². The molecular formula is C18H32IN3O2. The first-order chi connectivity index (χ1) is 11.2. The Labute approximate surface area is 163 Å². The highest BCUT2D eigenvalue weighted by molar-refractivity contribution is 14.0. The number of hydrogen-bond donors (Lipinski definition) is 2. The largest absolute Gasteiger partial charge is 0.494 e. The van der Waals surface area contributed by atoms with E-state index in [-0.39, 0.29) is 30.0 Å². The van der Waals surface area contributed by atoms with Crippen LogP contribution in [0.2, 0.25) is 0 Å². The molecule has 0 fully saturated rings. The highest BCUT2D eigenvalue weighted by Gasteiger charge is 2.04. The fourth-order valence-corrected chi connectivity index (χ4v) is 2.15. The van der Waals surface area contributed by atoms with Gasteiger partial charge in [0.05, 0.1) is 13.2 Å². The van der Waals surface area contributed by atoms with Crippen molar-refractivity contribution in [3.8, 4) is 5.75 Å². The van der Waals surface area contributed by atoms with Crippen molar-refractivity contribution in [2.45, 2.75) is 39.7 Å². The maximum atomic E-state index is 5.67. The SMILES string of the molecule is CCCOc1cccc(CCN=C(NCC)NC(C)COC)c1.I. The van der Waals surface area contributed by atoms with Gasteiger partial charge in [0, 0.05) is 26.2 Å². The van der Waals surface area contributed by atoms with E-state index in [1.54, 1.807) is 7.11 Å². The number of aliphatic imine (C=N–C) groups is 1. The molecule has 1 aromatic carbocycles. The van der Waals surface area contributed by atoms with Gasteiger partial charge < -0.3 is 20.1 Å². The third-order valence-electron chi connectivity index (χ3n) is 3.19. The molecule has 0 radical (unpaired) electrons. The Balaban J connectivity index is 0.00000529. The number of ether oxygens (including phenoxy) is 2. The van der Waals surface area contributed by atoms with Crippen molar-refractivity contribution >= 4 is 29.9 Å². The molecule has 6 heteroatoms. The lowest BCUT2D eigenvalue weighted by Crippen LogP contribution is -2.44. The summed E-state index contributed by atoms with van der Waals surface area (Å²) in [4.78, 5) is 4.62. The normalized spacial score (nSPS) is 12.2. The summed E-state index contributed by atoms with van der Waals surface area (Å²) in [6.45, 7) is 9.23. The third-order valence-corrected chi connectivity index (χ3v) is 3.19. The molecule has 0 amide bonds. The van der Waals surface area contributed by atoms with Crippen molar-refractivity contribution in [1.29, 1.82) is 0 Å². The summed E-state index contributed by atoms with van der Waals surface area (Å²) in [5.74, 6) is 1.77. The lowest BCUT2D eigenvalue weighted by molar-refractivity contribution is 0.179. The van der Waals surface area contributed by atoms with Crippen LogP contribution in [0.4, 0.5) is 0 Å². The van der Waals surface area contributed by atoms with Crippen LogP contribution in [0.25, 0.3) is 0 Å². The lowest BCUT2D eigenvalue weighted by atomic mass is 10.1. The van der Waals surface area contributed by atoms with Crippen LogP contribution in [0.15, 0.2) is 29.3 Å². The number of nitrogens with zero attached hydrogens (tertiary/aromatic N) is 1. The Morgan fingerprint density at radius 3 is 2.75 bits per heavy atom. The second-order valence-corrected chi connectivity index (χ2v) is 5.51. The molecule has 24 heavy (non-hydrogen) atoms. The molecule has 1 unspecified atom stereocenters. The quantitative estimate of drug-likeness (QED) is 0.327. The second kappa shape index (κ2) is 14.3. The molecule has 1 atom stereocenters. The highest BCUT2D eigenvalue weighted by Crippen LogP contribution is 2.14. The van der Waals surface area contributed by atoms with Crippen LogP contribution in [0.3, 0.4) is 0 Å². The van der Waals surface area contributed by atoms with Crippen molar-refractivity contribution in [2.75, 3.05) is 33.4 Å². The van der Waals surface area contributed by atoms with Gasteiger partial charge >= 0.3 is 0 Å². The molecule has 0 saturated carbocycles. The number of halogens is 1. The molecule has 1 rings (SSSR count). The van der Waals surface area contributed by atoms with E-state index in [0.717, 1.165) is 44.2 Å². The van der Waals surface area contributed by atoms with Crippen molar-refractivity contribution in [3.05, 3.63) is 29.8 Å². The van der Waals surface area contributed by atoms with Gasteiger partial charge in [-0.05, 0) is 44.4 Å². The van der Waals surface area contributed by atoms with Gasteiger partial charge in [-0.3, -0.25) is 4.99 Å². The standard InChI is InChI=1S/C18H31N3O2.HI/c1-5-12-23-17-9-7-8-16(13-17)10-11-20-18(19-6-2)21-15(3)14-22-4;/h7-9,13,15H,5-6,10-12,14H2,1-4H3,(H2,19,20,21);1H. The Bertz CT molecular complexity index is 469. The zero-order valence-corrected chi connectivity index (χ0v) is 17.6. The maximum Gasteiger partial charge on any atom is 0.191 e. The Morgan fingerprint density at radius 2 is 2.08 bits per heavy atom. The van der Waals surface area contributed by atoms with E-state index >= 15 is 0 Å². The summed E-state index contributed by atoms with van der Waals surface area (Å²) in [5, 5.41) is 6.59. The summed E-state index contributed by atoms with van der Waals surface area (Å²) in [6.07, 6.45) is 1.91. The van der Waals surface area contributed by atoms with Gasteiger partial charge in [-0.25, -0.2) is 0 Å². The number of methoxy groups -OCH3 is 1. The van der Waals surface area contributed by atoms with Gasteiger partial charge in [0.1, 0.15) is 5.75 Å². The van der Waals surface area contributed by atoms with Crippen LogP contribution >= 0.6 is 24.0 Å². The number of guanidine groups is 1. The van der Waals surface area contributed by atoms with Crippen molar-refractivity contribution in [2.24, 2.45) is 4.99 Å². The number of rotatable bonds is 10. The van der Waals surface area contributed by atoms with Crippen molar-refractivity contribution < 1.29 is 9.47 Å². The first kappa shape index (κ1) is 23.0. The van der Waals surface area contributed by atoms with Crippen molar-refractivity contribution in [3.63, 3.8) is 0 Å². The molecule has 2 N–H and O–H groups in total. The van der Waals surface area contributed by atoms with E-state index < -0.39 is 0 Å². The van der Waals surface area contributed by atoms with Crippen LogP contribution in [0.1, 0.15) is 32.8 Å². The Hall–Kier alpha value is -1.02. The molecule has 0 saturated heterocycles. The minimum atomic E-state index is 0. The van der Waals surface area contributed by atoms with Gasteiger partial charge in [-0.2, -0.15) is 0 Å². The lowest BCUT2D eigenvalue weighted by Gasteiger charge is -2.17. The fraction of sp³-hybridized carbons (Fsp3) is 0.611. The average molecular weight is 449 g/mol. The van der Waals surface area contributed by atoms with E-state index in [1.165, 1.54) is 5.56 Å². The van der Waals surface area contributed by atoms with E-state index in [1.807, 2.05) is 12.1 Å². The molecule has 1 aromatic rings. The van der Waals surface area contributed by atoms with Gasteiger partial charge in [-0.1, -0.05) is 19.1 Å². The first-order valence-electron chi connectivity index (χ1n) is 8.45. The van der Waals surface area contributed by atoms with E-state index in [2.05, 4.69) is 48.5 Å². The highest BCUT2D eigenvalue weighted by atomic mass is 127. The van der Waals surface area contributed by atoms with Crippen LogP contribution < -0.4 is 15.4 Å². The molecule has 0 aliphatic carbocycles. The molecule has 0 bridgehead atoms.